The van der Waals surface area contributed by atoms with Gasteiger partial charge in [0.1, 0.15) is 18.8 Å². The second-order valence-electron chi connectivity index (χ2n) is 18.4. The Kier molecular flexibility index (Phi) is 46.0. The van der Waals surface area contributed by atoms with E-state index in [9.17, 15) is 34.5 Å². The van der Waals surface area contributed by atoms with E-state index in [2.05, 4.69) is 167 Å². The molecule has 1 aliphatic heterocycles. The van der Waals surface area contributed by atoms with E-state index in [1.54, 1.807) is 0 Å². The normalized spacial score (nSPS) is 19.2. The number of carboxylic acids is 1. The van der Waals surface area contributed by atoms with E-state index in [0.717, 1.165) is 109 Å². The maximum Gasteiger partial charge on any atom is 0.335 e. The largest absolute Gasteiger partial charge is 0.479 e. The van der Waals surface area contributed by atoms with E-state index >= 15 is 0 Å². The zero-order valence-electron chi connectivity index (χ0n) is 46.9. The molecule has 0 bridgehead atoms. The first-order chi connectivity index (χ1) is 37.6. The molecule has 6 atom stereocenters. The van der Waals surface area contributed by atoms with Crippen molar-refractivity contribution in [3.63, 3.8) is 0 Å². The third-order valence-electron chi connectivity index (χ3n) is 11.6. The number of rotatable bonds is 45. The molecule has 3 N–H and O–H groups in total. The number of unbranched alkanes of at least 4 members (excludes halogenated alkanes) is 5. The Hall–Kier alpha value is -5.66. The van der Waals surface area contributed by atoms with Crippen LogP contribution in [0.25, 0.3) is 0 Å². The summed E-state index contributed by atoms with van der Waals surface area (Å²) < 4.78 is 28.2. The predicted octanol–water partition coefficient (Wildman–Crippen LogP) is 14.6. The molecular formula is C65H96O12. The van der Waals surface area contributed by atoms with E-state index < -0.39 is 67.3 Å². The first-order valence-corrected chi connectivity index (χ1v) is 28.5. The van der Waals surface area contributed by atoms with Gasteiger partial charge in [0, 0.05) is 19.3 Å². The minimum atomic E-state index is -1.94. The van der Waals surface area contributed by atoms with Crippen molar-refractivity contribution in [3.05, 3.63) is 158 Å². The lowest BCUT2D eigenvalue weighted by Gasteiger charge is -2.40. The van der Waals surface area contributed by atoms with Gasteiger partial charge in [0.15, 0.2) is 24.6 Å². The average Bonchev–Trinajstić information content (AvgIpc) is 3.42. The zero-order valence-corrected chi connectivity index (χ0v) is 46.9. The Balaban J connectivity index is 2.81. The summed E-state index contributed by atoms with van der Waals surface area (Å²) in [5.74, 6) is -3.36. The van der Waals surface area contributed by atoms with Crippen molar-refractivity contribution < 1.29 is 58.2 Å². The number of ether oxygens (including phenoxy) is 5. The van der Waals surface area contributed by atoms with Crippen molar-refractivity contribution in [1.82, 2.24) is 0 Å². The molecule has 0 radical (unpaired) electrons. The van der Waals surface area contributed by atoms with Crippen LogP contribution in [0.4, 0.5) is 0 Å². The number of esters is 3. The molecule has 0 aromatic carbocycles. The Morgan fingerprint density at radius 3 is 1.23 bits per heavy atom. The molecule has 6 unspecified atom stereocenters. The molecule has 12 heteroatoms. The van der Waals surface area contributed by atoms with Crippen LogP contribution in [0, 0.1) is 0 Å². The van der Waals surface area contributed by atoms with E-state index in [-0.39, 0.29) is 25.9 Å². The van der Waals surface area contributed by atoms with Gasteiger partial charge in [0.2, 0.25) is 0 Å². The molecule has 12 nitrogen and oxygen atoms in total. The minimum Gasteiger partial charge on any atom is -0.479 e. The molecule has 1 aliphatic rings. The van der Waals surface area contributed by atoms with Crippen LogP contribution in [0.5, 0.6) is 0 Å². The standard InChI is InChI=1S/C65H96O12/c1-4-7-10-13-16-19-22-25-27-28-29-30-32-34-36-39-42-45-48-51-57(66)73-54-56(75-58(67)52-49-46-43-40-38-35-31-26-23-20-17-14-11-8-5-2)55-74-65-63(61(70)60(69)62(77-65)64(71)72)76-59(68)53-50-47-44-41-37-33-24-21-18-15-12-9-6-3/h7-12,16-21,25-27,29-31,33-34,36-38,40,42,45,56,60-63,65,69-70H,4-6,13-15,22-24,28,32,35,39,41,43-44,46-55H2,1-3H3,(H,71,72)/b10-7-,11-8-,12-9-,19-16-,20-17-,21-18-,27-25-,30-29-,31-26-,36-34-,37-33-,40-38-,45-42-. The Morgan fingerprint density at radius 2 is 0.805 bits per heavy atom. The zero-order chi connectivity index (χ0) is 56.1. The van der Waals surface area contributed by atoms with Gasteiger partial charge < -0.3 is 39.0 Å². The molecule has 77 heavy (non-hydrogen) atoms. The lowest BCUT2D eigenvalue weighted by Crippen LogP contribution is -2.61. The van der Waals surface area contributed by atoms with Crippen LogP contribution in [-0.4, -0.2) is 89.2 Å². The van der Waals surface area contributed by atoms with Crippen molar-refractivity contribution >= 4 is 23.9 Å². The molecule has 0 aromatic heterocycles. The van der Waals surface area contributed by atoms with Crippen LogP contribution >= 0.6 is 0 Å². The summed E-state index contributed by atoms with van der Waals surface area (Å²) in [5.41, 5.74) is 0. The SMILES string of the molecule is CC/C=C\C/C=C\C/C=C\C/C=C\C/C=C\C/C=C\CCC(=O)OCC(COC1OC(C(=O)O)C(O)C(O)C1OC(=O)CCCCC/C=C\C/C=C\C/C=C\CC)OC(=O)CCCC/C=C\C/C=C\C/C=C\C/C=C\CC. The highest BCUT2D eigenvalue weighted by Crippen LogP contribution is 2.26. The second-order valence-corrected chi connectivity index (χ2v) is 18.4. The number of allylic oxidation sites excluding steroid dienone is 26. The number of aliphatic hydroxyl groups excluding tert-OH is 2. The molecule has 428 valence electrons. The monoisotopic (exact) mass is 1070 g/mol. The summed E-state index contributed by atoms with van der Waals surface area (Å²) in [6.07, 6.45) is 62.4. The predicted molar refractivity (Wildman–Crippen MR) is 312 cm³/mol. The Bertz CT molecular complexity index is 1940. The molecular weight excluding hydrogens is 973 g/mol. The van der Waals surface area contributed by atoms with Gasteiger partial charge in [-0.25, -0.2) is 4.79 Å². The van der Waals surface area contributed by atoms with Gasteiger partial charge in [-0.3, -0.25) is 14.4 Å². The third kappa shape index (κ3) is 41.2. The van der Waals surface area contributed by atoms with Crippen molar-refractivity contribution in [2.75, 3.05) is 13.2 Å². The van der Waals surface area contributed by atoms with E-state index in [0.29, 0.717) is 25.7 Å². The highest BCUT2D eigenvalue weighted by molar-refractivity contribution is 5.74. The molecule has 1 fully saturated rings. The highest BCUT2D eigenvalue weighted by Gasteiger charge is 2.50. The molecule has 1 heterocycles. The van der Waals surface area contributed by atoms with E-state index in [1.165, 1.54) is 0 Å². The number of hydrogen-bond donors (Lipinski definition) is 3. The van der Waals surface area contributed by atoms with Crippen LogP contribution in [0.15, 0.2) is 158 Å². The molecule has 0 spiro atoms. The Morgan fingerprint density at radius 1 is 0.429 bits per heavy atom. The summed E-state index contributed by atoms with van der Waals surface area (Å²) in [5, 5.41) is 31.4. The lowest BCUT2D eigenvalue weighted by molar-refractivity contribution is -0.301. The molecule has 1 saturated heterocycles. The maximum absolute atomic E-state index is 13.1. The number of carboxylic acid groups (broad SMARTS) is 1. The van der Waals surface area contributed by atoms with Crippen LogP contribution < -0.4 is 0 Å². The molecule has 0 aliphatic carbocycles. The summed E-state index contributed by atoms with van der Waals surface area (Å²) in [6.45, 7) is 5.50. The van der Waals surface area contributed by atoms with Gasteiger partial charge in [-0.15, -0.1) is 0 Å². The van der Waals surface area contributed by atoms with Gasteiger partial charge in [-0.05, 0) is 128 Å². The van der Waals surface area contributed by atoms with Crippen molar-refractivity contribution in [2.45, 2.75) is 212 Å². The highest BCUT2D eigenvalue weighted by atomic mass is 16.7. The van der Waals surface area contributed by atoms with Gasteiger partial charge in [0.25, 0.3) is 0 Å². The maximum atomic E-state index is 13.1. The summed E-state index contributed by atoms with van der Waals surface area (Å²) in [7, 11) is 0. The summed E-state index contributed by atoms with van der Waals surface area (Å²) in [4.78, 5) is 51.0. The second kappa shape index (κ2) is 51.1. The number of carbonyl (C=O) groups is 4. The molecule has 1 rings (SSSR count). The molecule has 0 aromatic rings. The first-order valence-electron chi connectivity index (χ1n) is 28.5. The van der Waals surface area contributed by atoms with Crippen molar-refractivity contribution in [3.8, 4) is 0 Å². The number of hydrogen-bond acceptors (Lipinski definition) is 11. The minimum absolute atomic E-state index is 0.00314. The fourth-order valence-electron chi connectivity index (χ4n) is 7.34. The average molecular weight is 1070 g/mol. The topological polar surface area (TPSA) is 175 Å². The molecule has 0 amide bonds. The van der Waals surface area contributed by atoms with E-state index in [1.807, 2.05) is 12.2 Å². The first kappa shape index (κ1) is 69.4. The summed E-state index contributed by atoms with van der Waals surface area (Å²) >= 11 is 0. The van der Waals surface area contributed by atoms with Crippen LogP contribution in [0.1, 0.15) is 175 Å². The van der Waals surface area contributed by atoms with Gasteiger partial charge in [0.05, 0.1) is 6.61 Å². The fourth-order valence-corrected chi connectivity index (χ4v) is 7.34. The van der Waals surface area contributed by atoms with E-state index in [4.69, 9.17) is 23.7 Å². The summed E-state index contributed by atoms with van der Waals surface area (Å²) in [6, 6.07) is 0. The number of aliphatic hydroxyl groups is 2. The number of carbonyl (C=O) groups excluding carboxylic acids is 3. The van der Waals surface area contributed by atoms with Gasteiger partial charge >= 0.3 is 23.9 Å². The molecule has 0 saturated carbocycles. The van der Waals surface area contributed by atoms with Crippen LogP contribution in [-0.2, 0) is 42.9 Å². The fraction of sp³-hybridized carbons (Fsp3) is 0.538. The third-order valence-corrected chi connectivity index (χ3v) is 11.6. The smallest absolute Gasteiger partial charge is 0.335 e. The van der Waals surface area contributed by atoms with Gasteiger partial charge in [-0.2, -0.15) is 0 Å². The van der Waals surface area contributed by atoms with Crippen molar-refractivity contribution in [1.29, 1.82) is 0 Å². The number of aliphatic carboxylic acids is 1. The van der Waals surface area contributed by atoms with Gasteiger partial charge in [-0.1, -0.05) is 185 Å². The quantitative estimate of drug-likeness (QED) is 0.0228. The van der Waals surface area contributed by atoms with Crippen LogP contribution in [0.2, 0.25) is 0 Å². The lowest BCUT2D eigenvalue weighted by atomic mass is 9.98. The van der Waals surface area contributed by atoms with Crippen LogP contribution in [0.3, 0.4) is 0 Å². The Labute approximate surface area is 463 Å². The van der Waals surface area contributed by atoms with Crippen molar-refractivity contribution in [2.24, 2.45) is 0 Å².